The Hall–Kier alpha value is -1.69. The van der Waals surface area contributed by atoms with Crippen molar-refractivity contribution in [3.63, 3.8) is 0 Å². The van der Waals surface area contributed by atoms with Gasteiger partial charge in [-0.3, -0.25) is 9.89 Å². The summed E-state index contributed by atoms with van der Waals surface area (Å²) < 4.78 is 5.38. The van der Waals surface area contributed by atoms with Crippen LogP contribution in [0.2, 0.25) is 5.02 Å². The average Bonchev–Trinajstić information content (AvgIpc) is 3.44. The second kappa shape index (κ2) is 11.8. The third-order valence-corrected chi connectivity index (χ3v) is 6.11. The number of piperazine rings is 1. The third kappa shape index (κ3) is 6.64. The summed E-state index contributed by atoms with van der Waals surface area (Å²) in [6.45, 7) is 5.70. The molecule has 0 saturated carbocycles. The zero-order valence-electron chi connectivity index (χ0n) is 17.3. The number of halogens is 2. The number of aromatic nitrogens is 2. The number of benzene rings is 1. The van der Waals surface area contributed by atoms with Crippen LogP contribution in [-0.4, -0.2) is 65.7 Å². The first kappa shape index (κ1) is 24.0. The molecule has 3 aromatic rings. The minimum Gasteiger partial charge on any atom is -0.356 e. The molecule has 1 aliphatic rings. The Morgan fingerprint density at radius 2 is 2.06 bits per heavy atom. The summed E-state index contributed by atoms with van der Waals surface area (Å²) in [5.41, 5.74) is 0.849. The number of guanidine groups is 1. The molecule has 0 radical (unpaired) electrons. The van der Waals surface area contributed by atoms with Crippen LogP contribution in [0.3, 0.4) is 0 Å². The summed E-state index contributed by atoms with van der Waals surface area (Å²) in [7, 11) is 1.82. The molecule has 0 atom stereocenters. The number of rotatable bonds is 6. The van der Waals surface area contributed by atoms with E-state index in [9.17, 15) is 0 Å². The second-order valence-electron chi connectivity index (χ2n) is 7.09. The van der Waals surface area contributed by atoms with Crippen LogP contribution in [0.15, 0.2) is 51.3 Å². The van der Waals surface area contributed by atoms with E-state index in [0.717, 1.165) is 44.2 Å². The van der Waals surface area contributed by atoms with E-state index >= 15 is 0 Å². The van der Waals surface area contributed by atoms with E-state index in [4.69, 9.17) is 16.1 Å². The van der Waals surface area contributed by atoms with Crippen molar-refractivity contribution in [1.29, 1.82) is 0 Å². The molecule has 1 saturated heterocycles. The Balaban J connectivity index is 0.00000272. The van der Waals surface area contributed by atoms with Crippen LogP contribution in [0.1, 0.15) is 10.8 Å². The van der Waals surface area contributed by atoms with Crippen LogP contribution in [0.4, 0.5) is 0 Å². The largest absolute Gasteiger partial charge is 0.356 e. The van der Waals surface area contributed by atoms with Crippen LogP contribution in [0.25, 0.3) is 11.4 Å². The lowest BCUT2D eigenvalue weighted by Gasteiger charge is -2.36. The molecule has 31 heavy (non-hydrogen) atoms. The third-order valence-electron chi connectivity index (χ3n) is 5.02. The Kier molecular flexibility index (Phi) is 9.12. The van der Waals surface area contributed by atoms with Crippen molar-refractivity contribution in [2.75, 3.05) is 39.8 Å². The lowest BCUT2D eigenvalue weighted by Crippen LogP contribution is -2.52. The topological polar surface area (TPSA) is 69.8 Å². The molecule has 0 bridgehead atoms. The predicted octanol–water partition coefficient (Wildman–Crippen LogP) is 4.01. The molecule has 10 heteroatoms. The molecule has 7 nitrogen and oxygen atoms in total. The quantitative estimate of drug-likeness (QED) is 0.274. The van der Waals surface area contributed by atoms with Gasteiger partial charge in [0.2, 0.25) is 11.7 Å². The fourth-order valence-corrected chi connectivity index (χ4v) is 4.39. The van der Waals surface area contributed by atoms with Gasteiger partial charge in [0.05, 0.1) is 0 Å². The van der Waals surface area contributed by atoms with E-state index in [2.05, 4.69) is 47.8 Å². The standard InChI is InChI=1S/C21H25ClN6OS.HI/c1-23-21(28-11-9-27(10-12-28)15-18-6-3-13-30-18)24-8-7-19-25-20(26-29-19)16-4-2-5-17(22)14-16;/h2-6,13-14H,7-12,15H2,1H3,(H,23,24);1H. The monoisotopic (exact) mass is 572 g/mol. The highest BCUT2D eigenvalue weighted by Crippen LogP contribution is 2.20. The smallest absolute Gasteiger partial charge is 0.228 e. The number of nitrogens with one attached hydrogen (secondary N) is 1. The van der Waals surface area contributed by atoms with Gasteiger partial charge in [-0.25, -0.2) is 0 Å². The van der Waals surface area contributed by atoms with Gasteiger partial charge >= 0.3 is 0 Å². The summed E-state index contributed by atoms with van der Waals surface area (Å²) in [5.74, 6) is 2.06. The second-order valence-corrected chi connectivity index (χ2v) is 8.56. The molecular weight excluding hydrogens is 547 g/mol. The van der Waals surface area contributed by atoms with Crippen molar-refractivity contribution in [2.45, 2.75) is 13.0 Å². The molecule has 4 rings (SSSR count). The van der Waals surface area contributed by atoms with E-state index in [-0.39, 0.29) is 24.0 Å². The molecule has 0 aliphatic carbocycles. The maximum Gasteiger partial charge on any atom is 0.228 e. The summed E-state index contributed by atoms with van der Waals surface area (Å²) >= 11 is 7.86. The van der Waals surface area contributed by atoms with Gasteiger partial charge in [0, 0.05) is 68.2 Å². The van der Waals surface area contributed by atoms with Crippen molar-refractivity contribution in [3.05, 3.63) is 57.6 Å². The van der Waals surface area contributed by atoms with Gasteiger partial charge in [-0.2, -0.15) is 4.98 Å². The summed E-state index contributed by atoms with van der Waals surface area (Å²) in [6, 6.07) is 11.8. The minimum atomic E-state index is 0. The van der Waals surface area contributed by atoms with Crippen LogP contribution in [0.5, 0.6) is 0 Å². The van der Waals surface area contributed by atoms with Gasteiger partial charge < -0.3 is 14.7 Å². The van der Waals surface area contributed by atoms with E-state index in [1.165, 1.54) is 4.88 Å². The lowest BCUT2D eigenvalue weighted by atomic mass is 10.2. The Labute approximate surface area is 208 Å². The van der Waals surface area contributed by atoms with Crippen molar-refractivity contribution < 1.29 is 4.52 Å². The summed E-state index contributed by atoms with van der Waals surface area (Å²) in [5, 5.41) is 10.3. The normalized spacial score (nSPS) is 15.0. The van der Waals surface area contributed by atoms with Crippen molar-refractivity contribution in [3.8, 4) is 11.4 Å². The molecule has 1 N–H and O–H groups in total. The zero-order chi connectivity index (χ0) is 20.8. The van der Waals surface area contributed by atoms with Crippen LogP contribution < -0.4 is 5.32 Å². The number of nitrogens with zero attached hydrogens (tertiary/aromatic N) is 5. The van der Waals surface area contributed by atoms with Gasteiger partial charge in [0.1, 0.15) is 0 Å². The first-order valence-electron chi connectivity index (χ1n) is 10.00. The highest BCUT2D eigenvalue weighted by molar-refractivity contribution is 14.0. The molecule has 0 spiro atoms. The number of aliphatic imine (C=N–C) groups is 1. The van der Waals surface area contributed by atoms with E-state index in [1.54, 1.807) is 0 Å². The SMILES string of the molecule is CN=C(NCCc1nc(-c2cccc(Cl)c2)no1)N1CCN(Cc2cccs2)CC1.I. The lowest BCUT2D eigenvalue weighted by molar-refractivity contribution is 0.174. The van der Waals surface area contributed by atoms with Crippen LogP contribution in [-0.2, 0) is 13.0 Å². The number of thiophene rings is 1. The fourth-order valence-electron chi connectivity index (χ4n) is 3.46. The van der Waals surface area contributed by atoms with E-state index in [0.29, 0.717) is 29.7 Å². The molecule has 3 heterocycles. The zero-order valence-corrected chi connectivity index (χ0v) is 21.2. The van der Waals surface area contributed by atoms with E-state index < -0.39 is 0 Å². The Bertz CT molecular complexity index is 972. The molecule has 0 unspecified atom stereocenters. The number of hydrogen-bond donors (Lipinski definition) is 1. The number of hydrogen-bond acceptors (Lipinski definition) is 6. The maximum atomic E-state index is 6.04. The fraction of sp³-hybridized carbons (Fsp3) is 0.381. The van der Waals surface area contributed by atoms with Gasteiger partial charge in [-0.05, 0) is 23.6 Å². The van der Waals surface area contributed by atoms with Gasteiger partial charge in [0.15, 0.2) is 5.96 Å². The first-order valence-corrected chi connectivity index (χ1v) is 11.3. The van der Waals surface area contributed by atoms with Crippen molar-refractivity contribution in [2.24, 2.45) is 4.99 Å². The van der Waals surface area contributed by atoms with Crippen LogP contribution in [0, 0.1) is 0 Å². The van der Waals surface area contributed by atoms with Gasteiger partial charge in [-0.15, -0.1) is 35.3 Å². The van der Waals surface area contributed by atoms with Gasteiger partial charge in [0.25, 0.3) is 0 Å². The first-order chi connectivity index (χ1) is 14.7. The highest BCUT2D eigenvalue weighted by atomic mass is 127. The Morgan fingerprint density at radius 3 is 2.77 bits per heavy atom. The molecule has 1 fully saturated rings. The van der Waals surface area contributed by atoms with Crippen LogP contribution >= 0.6 is 46.9 Å². The molecule has 1 aromatic carbocycles. The van der Waals surface area contributed by atoms with Gasteiger partial charge in [-0.1, -0.05) is 35.0 Å². The maximum absolute atomic E-state index is 6.04. The summed E-state index contributed by atoms with van der Waals surface area (Å²) in [6.07, 6.45) is 0.630. The molecule has 0 amide bonds. The Morgan fingerprint density at radius 1 is 1.23 bits per heavy atom. The van der Waals surface area contributed by atoms with E-state index in [1.807, 2.05) is 42.6 Å². The minimum absolute atomic E-state index is 0. The highest BCUT2D eigenvalue weighted by Gasteiger charge is 2.20. The van der Waals surface area contributed by atoms with Crippen molar-refractivity contribution >= 4 is 52.9 Å². The average molecular weight is 573 g/mol. The molecular formula is C21H26ClIN6OS. The molecule has 166 valence electrons. The van der Waals surface area contributed by atoms with Crippen molar-refractivity contribution in [1.82, 2.24) is 25.3 Å². The molecule has 2 aromatic heterocycles. The predicted molar refractivity (Wildman–Crippen MR) is 136 cm³/mol. The summed E-state index contributed by atoms with van der Waals surface area (Å²) in [4.78, 5) is 15.1. The molecule has 1 aliphatic heterocycles.